The Morgan fingerprint density at radius 1 is 1.09 bits per heavy atom. The van der Waals surface area contributed by atoms with E-state index in [9.17, 15) is 20.4 Å². The van der Waals surface area contributed by atoms with E-state index in [1.165, 1.54) is 0 Å². The quantitative estimate of drug-likeness (QED) is 0.639. The van der Waals surface area contributed by atoms with Crippen LogP contribution in [0.15, 0.2) is 0 Å². The van der Waals surface area contributed by atoms with Gasteiger partial charge in [-0.1, -0.05) is 13.8 Å². The van der Waals surface area contributed by atoms with Crippen LogP contribution in [-0.2, 0) is 0 Å². The van der Waals surface area contributed by atoms with Crippen LogP contribution in [0, 0.1) is 22.7 Å². The summed E-state index contributed by atoms with van der Waals surface area (Å²) in [4.78, 5) is 0. The van der Waals surface area contributed by atoms with Crippen molar-refractivity contribution in [1.29, 1.82) is 0 Å². The number of aliphatic hydroxyl groups excluding tert-OH is 3. The molecule has 134 valence electrons. The van der Waals surface area contributed by atoms with E-state index >= 15 is 0 Å². The number of hydrogen-bond acceptors (Lipinski definition) is 4. The molecule has 2 bridgehead atoms. The highest BCUT2D eigenvalue weighted by Crippen LogP contribution is 2.66. The predicted octanol–water partition coefficient (Wildman–Crippen LogP) is 2.23. The number of hydrogen-bond donors (Lipinski definition) is 4. The first-order valence-electron chi connectivity index (χ1n) is 9.36. The van der Waals surface area contributed by atoms with Crippen molar-refractivity contribution >= 4 is 0 Å². The van der Waals surface area contributed by atoms with Gasteiger partial charge in [-0.05, 0) is 81.0 Å². The molecule has 3 aliphatic rings. The van der Waals surface area contributed by atoms with E-state index < -0.39 is 17.8 Å². The third kappa shape index (κ3) is 2.86. The standard InChI is InChI=1S/C19H34O4/c1-12(20)15(21)5-8-17(2)10-14-13(17)4-7-18(3)11-19(14,23)9-6-16(18)22/h12-16,20-23H,4-11H2,1-3H3/t12?,13?,14?,15?,16-,17-,18+,19-/m1/s1. The van der Waals surface area contributed by atoms with Crippen LogP contribution in [-0.4, -0.2) is 44.3 Å². The largest absolute Gasteiger partial charge is 0.393 e. The third-order valence-corrected chi connectivity index (χ3v) is 7.72. The Morgan fingerprint density at radius 2 is 1.78 bits per heavy atom. The van der Waals surface area contributed by atoms with Gasteiger partial charge in [0.2, 0.25) is 0 Å². The lowest BCUT2D eigenvalue weighted by Gasteiger charge is -2.59. The van der Waals surface area contributed by atoms with Gasteiger partial charge in [-0.15, -0.1) is 0 Å². The molecule has 0 amide bonds. The second-order valence-corrected chi connectivity index (χ2v) is 9.45. The molecule has 4 N–H and O–H groups in total. The minimum absolute atomic E-state index is 0.148. The van der Waals surface area contributed by atoms with Crippen LogP contribution in [0.1, 0.15) is 72.1 Å². The number of rotatable bonds is 4. The lowest BCUT2D eigenvalue weighted by atomic mass is 9.47. The molecule has 3 aliphatic carbocycles. The third-order valence-electron chi connectivity index (χ3n) is 7.72. The first-order chi connectivity index (χ1) is 10.6. The van der Waals surface area contributed by atoms with Crippen molar-refractivity contribution in [2.45, 2.75) is 96.1 Å². The molecule has 0 spiro atoms. The molecular weight excluding hydrogens is 292 g/mol. The molecule has 3 saturated carbocycles. The highest BCUT2D eigenvalue weighted by Gasteiger charge is 2.62. The molecule has 0 aromatic heterocycles. The van der Waals surface area contributed by atoms with Crippen molar-refractivity contribution in [1.82, 2.24) is 0 Å². The van der Waals surface area contributed by atoms with Gasteiger partial charge in [0.15, 0.2) is 0 Å². The predicted molar refractivity (Wildman–Crippen MR) is 88.8 cm³/mol. The van der Waals surface area contributed by atoms with Gasteiger partial charge in [0.05, 0.1) is 23.9 Å². The van der Waals surface area contributed by atoms with E-state index in [4.69, 9.17) is 0 Å². The molecule has 0 aromatic rings. The number of fused-ring (bicyclic) bond motifs is 4. The van der Waals surface area contributed by atoms with Crippen LogP contribution >= 0.6 is 0 Å². The van der Waals surface area contributed by atoms with Gasteiger partial charge in [0.1, 0.15) is 0 Å². The number of aliphatic hydroxyl groups is 4. The minimum Gasteiger partial charge on any atom is -0.393 e. The summed E-state index contributed by atoms with van der Waals surface area (Å²) in [5, 5.41) is 41.1. The summed E-state index contributed by atoms with van der Waals surface area (Å²) in [7, 11) is 0. The van der Waals surface area contributed by atoms with Gasteiger partial charge < -0.3 is 20.4 Å². The highest BCUT2D eigenvalue weighted by molar-refractivity contribution is 5.13. The Hall–Kier alpha value is -0.160. The minimum atomic E-state index is -0.680. The Kier molecular flexibility index (Phi) is 4.37. The molecule has 4 unspecified atom stereocenters. The van der Waals surface area contributed by atoms with Crippen molar-refractivity contribution in [2.24, 2.45) is 22.7 Å². The molecule has 4 nitrogen and oxygen atoms in total. The van der Waals surface area contributed by atoms with E-state index in [0.717, 1.165) is 38.5 Å². The maximum absolute atomic E-state index is 11.3. The molecule has 8 atom stereocenters. The Morgan fingerprint density at radius 3 is 2.43 bits per heavy atom. The summed E-state index contributed by atoms with van der Waals surface area (Å²) in [6.07, 6.45) is 5.11. The van der Waals surface area contributed by atoms with E-state index in [0.29, 0.717) is 24.7 Å². The van der Waals surface area contributed by atoms with E-state index in [-0.39, 0.29) is 16.9 Å². The van der Waals surface area contributed by atoms with E-state index in [1.807, 2.05) is 0 Å². The summed E-state index contributed by atoms with van der Waals surface area (Å²) < 4.78 is 0. The topological polar surface area (TPSA) is 80.9 Å². The van der Waals surface area contributed by atoms with Gasteiger partial charge in [0.25, 0.3) is 0 Å². The molecular formula is C19H34O4. The van der Waals surface area contributed by atoms with Gasteiger partial charge in [-0.25, -0.2) is 0 Å². The second kappa shape index (κ2) is 5.69. The molecule has 4 heteroatoms. The van der Waals surface area contributed by atoms with Crippen LogP contribution in [0.25, 0.3) is 0 Å². The average molecular weight is 326 g/mol. The van der Waals surface area contributed by atoms with Crippen LogP contribution in [0.3, 0.4) is 0 Å². The van der Waals surface area contributed by atoms with Crippen LogP contribution < -0.4 is 0 Å². The van der Waals surface area contributed by atoms with Crippen LogP contribution in [0.2, 0.25) is 0 Å². The van der Waals surface area contributed by atoms with Crippen molar-refractivity contribution in [3.8, 4) is 0 Å². The molecule has 0 heterocycles. The molecule has 0 aromatic carbocycles. The molecule has 0 saturated heterocycles. The zero-order valence-electron chi connectivity index (χ0n) is 14.8. The maximum atomic E-state index is 11.3. The normalized spacial score (nSPS) is 52.0. The SMILES string of the molecule is CC(O)C(O)CC[C@]1(C)CC2C1CC[C@@]1(C)C[C@]2(O)CC[C@H]1O. The van der Waals surface area contributed by atoms with Crippen molar-refractivity contribution in [2.75, 3.05) is 0 Å². The second-order valence-electron chi connectivity index (χ2n) is 9.45. The first-order valence-corrected chi connectivity index (χ1v) is 9.36. The summed E-state index contributed by atoms with van der Waals surface area (Å²) in [5.74, 6) is 0.811. The lowest BCUT2D eigenvalue weighted by Crippen LogP contribution is -2.58. The van der Waals surface area contributed by atoms with Crippen molar-refractivity contribution in [3.05, 3.63) is 0 Å². The van der Waals surface area contributed by atoms with Crippen LogP contribution in [0.4, 0.5) is 0 Å². The maximum Gasteiger partial charge on any atom is 0.0796 e. The zero-order chi connectivity index (χ0) is 17.0. The summed E-state index contributed by atoms with van der Waals surface area (Å²) >= 11 is 0. The average Bonchev–Trinajstić information content (AvgIpc) is 2.53. The Bertz CT molecular complexity index is 453. The zero-order valence-corrected chi connectivity index (χ0v) is 14.8. The smallest absolute Gasteiger partial charge is 0.0796 e. The van der Waals surface area contributed by atoms with Gasteiger partial charge in [0, 0.05) is 0 Å². The van der Waals surface area contributed by atoms with Gasteiger partial charge in [-0.3, -0.25) is 0 Å². The lowest BCUT2D eigenvalue weighted by molar-refractivity contribution is -0.184. The first kappa shape index (κ1) is 17.7. The molecule has 23 heavy (non-hydrogen) atoms. The van der Waals surface area contributed by atoms with Crippen molar-refractivity contribution < 1.29 is 20.4 Å². The van der Waals surface area contributed by atoms with E-state index in [1.54, 1.807) is 6.92 Å². The Balaban J connectivity index is 1.72. The molecule has 3 rings (SSSR count). The molecule has 0 aliphatic heterocycles. The van der Waals surface area contributed by atoms with Gasteiger partial charge in [-0.2, -0.15) is 0 Å². The summed E-state index contributed by atoms with van der Waals surface area (Å²) in [6, 6.07) is 0. The fraction of sp³-hybridized carbons (Fsp3) is 1.00. The Labute approximate surface area is 139 Å². The summed E-state index contributed by atoms with van der Waals surface area (Å²) in [6.45, 7) is 6.05. The summed E-state index contributed by atoms with van der Waals surface area (Å²) in [5.41, 5.74) is -0.614. The molecule has 0 radical (unpaired) electrons. The fourth-order valence-corrected chi connectivity index (χ4v) is 5.94. The van der Waals surface area contributed by atoms with Gasteiger partial charge >= 0.3 is 0 Å². The molecule has 3 fully saturated rings. The van der Waals surface area contributed by atoms with Crippen molar-refractivity contribution in [3.63, 3.8) is 0 Å². The monoisotopic (exact) mass is 326 g/mol. The van der Waals surface area contributed by atoms with E-state index in [2.05, 4.69) is 13.8 Å². The highest BCUT2D eigenvalue weighted by atomic mass is 16.3. The fourth-order valence-electron chi connectivity index (χ4n) is 5.94. The van der Waals surface area contributed by atoms with Crippen LogP contribution in [0.5, 0.6) is 0 Å².